The van der Waals surface area contributed by atoms with Crippen LogP contribution in [0.5, 0.6) is 0 Å². The Balaban J connectivity index is 1.40. The van der Waals surface area contributed by atoms with Gasteiger partial charge in [-0.15, -0.1) is 0 Å². The molecule has 1 amide bonds. The Kier molecular flexibility index (Phi) is 6.75. The first kappa shape index (κ1) is 21.9. The normalized spacial score (nSPS) is 15.3. The van der Waals surface area contributed by atoms with Crippen molar-refractivity contribution in [2.75, 3.05) is 19.8 Å². The van der Waals surface area contributed by atoms with E-state index in [1.807, 2.05) is 18.2 Å². The summed E-state index contributed by atoms with van der Waals surface area (Å²) < 4.78 is 5.56. The van der Waals surface area contributed by atoms with Gasteiger partial charge in [-0.25, -0.2) is 4.98 Å². The highest BCUT2D eigenvalue weighted by molar-refractivity contribution is 5.76. The molecule has 3 aromatic rings. The van der Waals surface area contributed by atoms with Crippen molar-refractivity contribution in [3.05, 3.63) is 82.0 Å². The van der Waals surface area contributed by atoms with E-state index in [0.717, 1.165) is 18.4 Å². The van der Waals surface area contributed by atoms with Crippen molar-refractivity contribution in [2.45, 2.75) is 38.0 Å². The van der Waals surface area contributed by atoms with E-state index in [1.165, 1.54) is 5.56 Å². The van der Waals surface area contributed by atoms with Gasteiger partial charge in [-0.1, -0.05) is 30.3 Å². The van der Waals surface area contributed by atoms with E-state index in [4.69, 9.17) is 4.74 Å². The monoisotopic (exact) mass is 432 g/mol. The number of amides is 1. The number of nitrogens with one attached hydrogen (secondary N) is 2. The number of aromatic nitrogens is 3. The van der Waals surface area contributed by atoms with Crippen molar-refractivity contribution < 1.29 is 9.53 Å². The molecule has 2 N–H and O–H groups in total. The quantitative estimate of drug-likeness (QED) is 0.598. The number of carbonyl (C=O) groups excluding carboxylic acids is 1. The number of rotatable bonds is 7. The number of nitrogens with zero attached hydrogens (tertiary/aromatic N) is 2. The molecule has 1 aliphatic rings. The fourth-order valence-corrected chi connectivity index (χ4v) is 4.27. The molecule has 0 saturated carbocycles. The summed E-state index contributed by atoms with van der Waals surface area (Å²) in [7, 11) is 0. The van der Waals surface area contributed by atoms with Crippen LogP contribution in [0.25, 0.3) is 11.4 Å². The smallest absolute Gasteiger partial charge is 0.254 e. The molecule has 0 aliphatic carbocycles. The Labute approximate surface area is 187 Å². The van der Waals surface area contributed by atoms with Crippen molar-refractivity contribution in [2.24, 2.45) is 0 Å². The van der Waals surface area contributed by atoms with Crippen LogP contribution in [0, 0.1) is 6.92 Å². The SMILES string of the molecule is Cc1nc(-c2ccncc2)[nH]c(=O)c1CCC(=O)NCC1(c2ccccc2)CCOCC1. The van der Waals surface area contributed by atoms with Crippen LogP contribution in [0.15, 0.2) is 59.7 Å². The summed E-state index contributed by atoms with van der Waals surface area (Å²) in [6.45, 7) is 3.75. The van der Waals surface area contributed by atoms with Crippen LogP contribution in [-0.4, -0.2) is 40.6 Å². The maximum atomic E-state index is 12.7. The predicted molar refractivity (Wildman–Crippen MR) is 122 cm³/mol. The number of hydrogen-bond acceptors (Lipinski definition) is 5. The van der Waals surface area contributed by atoms with Gasteiger partial charge in [0.15, 0.2) is 0 Å². The molecule has 7 heteroatoms. The van der Waals surface area contributed by atoms with Gasteiger partial charge in [-0.2, -0.15) is 0 Å². The number of aryl methyl sites for hydroxylation is 1. The summed E-state index contributed by atoms with van der Waals surface area (Å²) in [6, 6.07) is 13.9. The highest BCUT2D eigenvalue weighted by atomic mass is 16.5. The van der Waals surface area contributed by atoms with E-state index >= 15 is 0 Å². The average molecular weight is 433 g/mol. The summed E-state index contributed by atoms with van der Waals surface area (Å²) >= 11 is 0. The van der Waals surface area contributed by atoms with Crippen LogP contribution >= 0.6 is 0 Å². The van der Waals surface area contributed by atoms with Crippen molar-refractivity contribution >= 4 is 5.91 Å². The Bertz CT molecular complexity index is 1110. The number of benzene rings is 1. The highest BCUT2D eigenvalue weighted by Crippen LogP contribution is 2.34. The van der Waals surface area contributed by atoms with Gasteiger partial charge in [0, 0.05) is 60.8 Å². The van der Waals surface area contributed by atoms with E-state index in [-0.39, 0.29) is 23.3 Å². The molecule has 1 fully saturated rings. The summed E-state index contributed by atoms with van der Waals surface area (Å²) in [5.41, 5.74) is 2.89. The summed E-state index contributed by atoms with van der Waals surface area (Å²) in [6.07, 6.45) is 5.64. The van der Waals surface area contributed by atoms with Crippen LogP contribution in [0.1, 0.15) is 36.1 Å². The van der Waals surface area contributed by atoms with Gasteiger partial charge in [0.1, 0.15) is 5.82 Å². The number of pyridine rings is 1. The van der Waals surface area contributed by atoms with Crippen molar-refractivity contribution in [1.82, 2.24) is 20.3 Å². The molecular formula is C25H28N4O3. The molecule has 2 aromatic heterocycles. The zero-order valence-electron chi connectivity index (χ0n) is 18.3. The van der Waals surface area contributed by atoms with E-state index in [1.54, 1.807) is 31.5 Å². The molecule has 0 radical (unpaired) electrons. The maximum absolute atomic E-state index is 12.7. The molecule has 7 nitrogen and oxygen atoms in total. The molecule has 4 rings (SSSR count). The number of aromatic amines is 1. The molecular weight excluding hydrogens is 404 g/mol. The van der Waals surface area contributed by atoms with E-state index in [9.17, 15) is 9.59 Å². The topological polar surface area (TPSA) is 97.0 Å². The zero-order valence-corrected chi connectivity index (χ0v) is 18.3. The van der Waals surface area contributed by atoms with Crippen molar-refractivity contribution in [3.63, 3.8) is 0 Å². The minimum atomic E-state index is -0.206. The molecule has 1 aliphatic heterocycles. The summed E-state index contributed by atoms with van der Waals surface area (Å²) in [5.74, 6) is 0.441. The number of hydrogen-bond donors (Lipinski definition) is 2. The molecule has 0 spiro atoms. The minimum Gasteiger partial charge on any atom is -0.381 e. The Morgan fingerprint density at radius 2 is 1.84 bits per heavy atom. The number of H-pyrrole nitrogens is 1. The summed E-state index contributed by atoms with van der Waals surface area (Å²) in [4.78, 5) is 36.6. The van der Waals surface area contributed by atoms with Gasteiger partial charge < -0.3 is 15.0 Å². The van der Waals surface area contributed by atoms with Crippen LogP contribution in [-0.2, 0) is 21.4 Å². The first-order chi connectivity index (χ1) is 15.6. The van der Waals surface area contributed by atoms with Gasteiger partial charge in [-0.05, 0) is 43.9 Å². The second-order valence-electron chi connectivity index (χ2n) is 8.25. The molecule has 1 aromatic carbocycles. The van der Waals surface area contributed by atoms with Gasteiger partial charge in [0.2, 0.25) is 5.91 Å². The van der Waals surface area contributed by atoms with Crippen LogP contribution in [0.4, 0.5) is 0 Å². The third kappa shape index (κ3) is 4.94. The maximum Gasteiger partial charge on any atom is 0.254 e. The van der Waals surface area contributed by atoms with Gasteiger partial charge >= 0.3 is 0 Å². The number of ether oxygens (including phenoxy) is 1. The lowest BCUT2D eigenvalue weighted by Crippen LogP contribution is -2.44. The molecule has 3 heterocycles. The van der Waals surface area contributed by atoms with Crippen molar-refractivity contribution in [1.29, 1.82) is 0 Å². The fourth-order valence-electron chi connectivity index (χ4n) is 4.27. The second kappa shape index (κ2) is 9.87. The van der Waals surface area contributed by atoms with E-state index in [2.05, 4.69) is 32.4 Å². The predicted octanol–water partition coefficient (Wildman–Crippen LogP) is 2.94. The lowest BCUT2D eigenvalue weighted by atomic mass is 9.74. The minimum absolute atomic E-state index is 0.0659. The van der Waals surface area contributed by atoms with Gasteiger partial charge in [0.25, 0.3) is 5.56 Å². The largest absolute Gasteiger partial charge is 0.381 e. The van der Waals surface area contributed by atoms with E-state index in [0.29, 0.717) is 43.3 Å². The standard InChI is InChI=1S/C25H28N4O3/c1-18-21(24(31)29-23(28-18)19-9-13-26-14-10-19)7-8-22(30)27-17-25(11-15-32-16-12-25)20-5-3-2-4-6-20/h2-6,9-10,13-14H,7-8,11-12,15-17H2,1H3,(H,27,30)(H,28,29,31). The van der Waals surface area contributed by atoms with Crippen molar-refractivity contribution in [3.8, 4) is 11.4 Å². The molecule has 1 saturated heterocycles. The summed E-state index contributed by atoms with van der Waals surface area (Å²) in [5, 5.41) is 3.10. The fraction of sp³-hybridized carbons (Fsp3) is 0.360. The molecule has 32 heavy (non-hydrogen) atoms. The second-order valence-corrected chi connectivity index (χ2v) is 8.25. The Hall–Kier alpha value is -3.32. The van der Waals surface area contributed by atoms with Gasteiger partial charge in [0.05, 0.1) is 0 Å². The lowest BCUT2D eigenvalue weighted by Gasteiger charge is -2.38. The number of carbonyl (C=O) groups is 1. The first-order valence-corrected chi connectivity index (χ1v) is 11.0. The van der Waals surface area contributed by atoms with Crippen LogP contribution in [0.3, 0.4) is 0 Å². The van der Waals surface area contributed by atoms with Crippen LogP contribution < -0.4 is 10.9 Å². The van der Waals surface area contributed by atoms with E-state index < -0.39 is 0 Å². The van der Waals surface area contributed by atoms with Gasteiger partial charge in [-0.3, -0.25) is 14.6 Å². The van der Waals surface area contributed by atoms with Crippen LogP contribution in [0.2, 0.25) is 0 Å². The first-order valence-electron chi connectivity index (χ1n) is 11.0. The molecule has 0 unspecified atom stereocenters. The Morgan fingerprint density at radius 3 is 2.53 bits per heavy atom. The average Bonchev–Trinajstić information content (AvgIpc) is 2.84. The third-order valence-electron chi connectivity index (χ3n) is 6.24. The molecule has 0 atom stereocenters. The third-order valence-corrected chi connectivity index (χ3v) is 6.24. The zero-order chi connectivity index (χ0) is 22.4. The molecule has 0 bridgehead atoms. The highest BCUT2D eigenvalue weighted by Gasteiger charge is 2.34. The molecule has 166 valence electrons. The lowest BCUT2D eigenvalue weighted by molar-refractivity contribution is -0.121. The Morgan fingerprint density at radius 1 is 1.12 bits per heavy atom.